The second-order valence-electron chi connectivity index (χ2n) is 4.74. The molecule has 6 heteroatoms. The minimum absolute atomic E-state index is 0.107. The largest absolute Gasteiger partial charge is 0.491 e. The standard InChI is InChI=1S/C14H17N3O3/c1-9(2)20-11-5-3-10(4-6-11)15-14(19)12-7-8-13(18)17-16-12/h3-6,9H,7-8H2,1-2H3,(H,15,19)(H,17,18). The summed E-state index contributed by atoms with van der Waals surface area (Å²) in [6, 6.07) is 7.11. The number of hydrazone groups is 1. The molecule has 1 heterocycles. The predicted octanol–water partition coefficient (Wildman–Crippen LogP) is 1.68. The molecule has 0 aliphatic carbocycles. The summed E-state index contributed by atoms with van der Waals surface area (Å²) in [7, 11) is 0. The number of benzene rings is 1. The van der Waals surface area contributed by atoms with Crippen LogP contribution in [-0.4, -0.2) is 23.6 Å². The van der Waals surface area contributed by atoms with Gasteiger partial charge in [-0.25, -0.2) is 5.43 Å². The number of anilines is 1. The van der Waals surface area contributed by atoms with Crippen LogP contribution < -0.4 is 15.5 Å². The quantitative estimate of drug-likeness (QED) is 0.877. The molecule has 0 atom stereocenters. The van der Waals surface area contributed by atoms with E-state index in [1.165, 1.54) is 0 Å². The minimum Gasteiger partial charge on any atom is -0.491 e. The summed E-state index contributed by atoms with van der Waals surface area (Å²) in [6.45, 7) is 3.90. The number of nitrogens with one attached hydrogen (secondary N) is 2. The first kappa shape index (κ1) is 14.0. The van der Waals surface area contributed by atoms with Crippen LogP contribution >= 0.6 is 0 Å². The first-order valence-electron chi connectivity index (χ1n) is 6.48. The van der Waals surface area contributed by atoms with Gasteiger partial charge in [0, 0.05) is 18.5 Å². The van der Waals surface area contributed by atoms with E-state index in [-0.39, 0.29) is 24.3 Å². The van der Waals surface area contributed by atoms with Crippen LogP contribution in [0.3, 0.4) is 0 Å². The number of hydrogen-bond acceptors (Lipinski definition) is 4. The maximum atomic E-state index is 11.9. The second-order valence-corrected chi connectivity index (χ2v) is 4.74. The molecule has 2 rings (SSSR count). The van der Waals surface area contributed by atoms with E-state index in [9.17, 15) is 9.59 Å². The first-order chi connectivity index (χ1) is 9.54. The summed E-state index contributed by atoms with van der Waals surface area (Å²) in [5, 5.41) is 6.47. The van der Waals surface area contributed by atoms with Crippen molar-refractivity contribution < 1.29 is 14.3 Å². The molecular weight excluding hydrogens is 258 g/mol. The van der Waals surface area contributed by atoms with Crippen LogP contribution in [0.5, 0.6) is 5.75 Å². The fraction of sp³-hybridized carbons (Fsp3) is 0.357. The van der Waals surface area contributed by atoms with E-state index >= 15 is 0 Å². The van der Waals surface area contributed by atoms with E-state index in [0.717, 1.165) is 5.75 Å². The van der Waals surface area contributed by atoms with E-state index < -0.39 is 0 Å². The van der Waals surface area contributed by atoms with E-state index in [4.69, 9.17) is 4.74 Å². The van der Waals surface area contributed by atoms with E-state index in [0.29, 0.717) is 17.8 Å². The van der Waals surface area contributed by atoms with Crippen molar-refractivity contribution in [2.24, 2.45) is 5.10 Å². The minimum atomic E-state index is -0.303. The molecule has 0 bridgehead atoms. The van der Waals surface area contributed by atoms with E-state index in [2.05, 4.69) is 15.8 Å². The van der Waals surface area contributed by atoms with Gasteiger partial charge in [0.1, 0.15) is 11.5 Å². The zero-order chi connectivity index (χ0) is 14.5. The Hall–Kier alpha value is -2.37. The van der Waals surface area contributed by atoms with Crippen LogP contribution in [-0.2, 0) is 9.59 Å². The summed E-state index contributed by atoms with van der Waals surface area (Å²) in [5.41, 5.74) is 3.28. The first-order valence-corrected chi connectivity index (χ1v) is 6.48. The molecule has 0 saturated heterocycles. The summed E-state index contributed by atoms with van der Waals surface area (Å²) >= 11 is 0. The molecule has 1 aliphatic rings. The lowest BCUT2D eigenvalue weighted by atomic mass is 10.1. The van der Waals surface area contributed by atoms with E-state index in [1.807, 2.05) is 13.8 Å². The summed E-state index contributed by atoms with van der Waals surface area (Å²) in [4.78, 5) is 22.9. The predicted molar refractivity (Wildman–Crippen MR) is 75.6 cm³/mol. The highest BCUT2D eigenvalue weighted by Gasteiger charge is 2.18. The number of amides is 2. The van der Waals surface area contributed by atoms with Gasteiger partial charge in [-0.2, -0.15) is 5.10 Å². The number of carbonyl (C=O) groups is 2. The van der Waals surface area contributed by atoms with Crippen LogP contribution in [0.2, 0.25) is 0 Å². The fourth-order valence-electron chi connectivity index (χ4n) is 1.73. The highest BCUT2D eigenvalue weighted by Crippen LogP contribution is 2.17. The van der Waals surface area contributed by atoms with Crippen molar-refractivity contribution in [2.45, 2.75) is 32.8 Å². The lowest BCUT2D eigenvalue weighted by Crippen LogP contribution is -2.32. The van der Waals surface area contributed by atoms with Crippen molar-refractivity contribution in [3.8, 4) is 5.75 Å². The molecule has 20 heavy (non-hydrogen) atoms. The SMILES string of the molecule is CC(C)Oc1ccc(NC(=O)C2=NNC(=O)CC2)cc1. The van der Waals surface area contributed by atoms with Gasteiger partial charge >= 0.3 is 0 Å². The molecule has 0 spiro atoms. The molecule has 6 nitrogen and oxygen atoms in total. The van der Waals surface area contributed by atoms with Crippen LogP contribution in [0, 0.1) is 0 Å². The van der Waals surface area contributed by atoms with Crippen LogP contribution in [0.4, 0.5) is 5.69 Å². The Kier molecular flexibility index (Phi) is 4.34. The average Bonchev–Trinajstić information content (AvgIpc) is 2.41. The average molecular weight is 275 g/mol. The number of carbonyl (C=O) groups excluding carboxylic acids is 2. The molecular formula is C14H17N3O3. The van der Waals surface area contributed by atoms with Gasteiger partial charge in [0.25, 0.3) is 5.91 Å². The molecule has 106 valence electrons. The normalized spacial score (nSPS) is 14.6. The third-order valence-corrected chi connectivity index (χ3v) is 2.65. The molecule has 1 aromatic rings. The van der Waals surface area contributed by atoms with Gasteiger partial charge in [0.15, 0.2) is 0 Å². The Balaban J connectivity index is 1.96. The van der Waals surface area contributed by atoms with Crippen molar-refractivity contribution in [3.05, 3.63) is 24.3 Å². The highest BCUT2D eigenvalue weighted by atomic mass is 16.5. The van der Waals surface area contributed by atoms with Gasteiger partial charge < -0.3 is 10.1 Å². The third kappa shape index (κ3) is 3.81. The van der Waals surface area contributed by atoms with Gasteiger partial charge in [-0.3, -0.25) is 9.59 Å². The lowest BCUT2D eigenvalue weighted by Gasteiger charge is -2.13. The zero-order valence-corrected chi connectivity index (χ0v) is 11.5. The molecule has 2 N–H and O–H groups in total. The van der Waals surface area contributed by atoms with Crippen LogP contribution in [0.15, 0.2) is 29.4 Å². The molecule has 0 aromatic heterocycles. The lowest BCUT2D eigenvalue weighted by molar-refractivity contribution is -0.121. The molecule has 1 aromatic carbocycles. The molecule has 1 aliphatic heterocycles. The maximum absolute atomic E-state index is 11.9. The number of nitrogens with zero attached hydrogens (tertiary/aromatic N) is 1. The van der Waals surface area contributed by atoms with Crippen molar-refractivity contribution >= 4 is 23.2 Å². The maximum Gasteiger partial charge on any atom is 0.271 e. The summed E-state index contributed by atoms with van der Waals surface area (Å²) < 4.78 is 5.52. The Bertz CT molecular complexity index is 535. The Labute approximate surface area is 117 Å². The van der Waals surface area contributed by atoms with Crippen molar-refractivity contribution in [1.82, 2.24) is 5.43 Å². The van der Waals surface area contributed by atoms with Crippen LogP contribution in [0.1, 0.15) is 26.7 Å². The van der Waals surface area contributed by atoms with Gasteiger partial charge in [-0.1, -0.05) is 0 Å². The number of hydrogen-bond donors (Lipinski definition) is 2. The number of ether oxygens (including phenoxy) is 1. The van der Waals surface area contributed by atoms with Crippen LogP contribution in [0.25, 0.3) is 0 Å². The fourth-order valence-corrected chi connectivity index (χ4v) is 1.73. The van der Waals surface area contributed by atoms with E-state index in [1.54, 1.807) is 24.3 Å². The Morgan fingerprint density at radius 1 is 1.30 bits per heavy atom. The van der Waals surface area contributed by atoms with Gasteiger partial charge in [-0.15, -0.1) is 0 Å². The topological polar surface area (TPSA) is 79.8 Å². The summed E-state index contributed by atoms with van der Waals surface area (Å²) in [5.74, 6) is 0.277. The summed E-state index contributed by atoms with van der Waals surface area (Å²) in [6.07, 6.45) is 0.746. The second kappa shape index (κ2) is 6.18. The van der Waals surface area contributed by atoms with Crippen molar-refractivity contribution in [2.75, 3.05) is 5.32 Å². The van der Waals surface area contributed by atoms with Crippen molar-refractivity contribution in [1.29, 1.82) is 0 Å². The smallest absolute Gasteiger partial charge is 0.271 e. The third-order valence-electron chi connectivity index (χ3n) is 2.65. The Morgan fingerprint density at radius 2 is 2.00 bits per heavy atom. The van der Waals surface area contributed by atoms with Crippen molar-refractivity contribution in [3.63, 3.8) is 0 Å². The molecule has 0 unspecified atom stereocenters. The van der Waals surface area contributed by atoms with Gasteiger partial charge in [0.05, 0.1) is 6.10 Å². The Morgan fingerprint density at radius 3 is 2.55 bits per heavy atom. The van der Waals surface area contributed by atoms with Gasteiger partial charge in [-0.05, 0) is 38.1 Å². The van der Waals surface area contributed by atoms with Gasteiger partial charge in [0.2, 0.25) is 5.91 Å². The molecule has 0 fully saturated rings. The monoisotopic (exact) mass is 275 g/mol. The number of rotatable bonds is 4. The molecule has 0 radical (unpaired) electrons. The highest BCUT2D eigenvalue weighted by molar-refractivity contribution is 6.43. The zero-order valence-electron chi connectivity index (χ0n) is 11.5. The molecule has 0 saturated carbocycles. The molecule has 2 amide bonds.